The van der Waals surface area contributed by atoms with Crippen molar-refractivity contribution in [1.82, 2.24) is 10.3 Å². The predicted molar refractivity (Wildman–Crippen MR) is 127 cm³/mol. The van der Waals surface area contributed by atoms with Gasteiger partial charge >= 0.3 is 0 Å². The smallest absolute Gasteiger partial charge is 0.276 e. The van der Waals surface area contributed by atoms with E-state index in [0.29, 0.717) is 29.6 Å². The van der Waals surface area contributed by atoms with Gasteiger partial charge in [0, 0.05) is 24.2 Å². The molecule has 0 radical (unpaired) electrons. The molecule has 11 heteroatoms. The number of halogens is 2. The number of nitrogens with zero attached hydrogens (tertiary/aromatic N) is 3. The Kier molecular flexibility index (Phi) is 7.01. The van der Waals surface area contributed by atoms with Crippen LogP contribution in [0.1, 0.15) is 20.3 Å². The van der Waals surface area contributed by atoms with Crippen LogP contribution in [0, 0.1) is 11.6 Å². The van der Waals surface area contributed by atoms with Gasteiger partial charge in [-0.15, -0.1) is 0 Å². The quantitative estimate of drug-likeness (QED) is 0.618. The number of fused-ring (bicyclic) bond motifs is 1. The molecule has 2 aromatic rings. The van der Waals surface area contributed by atoms with Crippen LogP contribution in [-0.4, -0.2) is 39.9 Å². The molecule has 2 N–H and O–H groups in total. The van der Waals surface area contributed by atoms with Crippen molar-refractivity contribution in [2.75, 3.05) is 16.8 Å². The van der Waals surface area contributed by atoms with Crippen molar-refractivity contribution in [3.05, 3.63) is 66.5 Å². The second-order valence-corrected chi connectivity index (χ2v) is 8.56. The van der Waals surface area contributed by atoms with Crippen molar-refractivity contribution in [2.24, 2.45) is 5.10 Å². The van der Waals surface area contributed by atoms with Gasteiger partial charge in [0.2, 0.25) is 12.1 Å². The monoisotopic (exact) mass is 487 g/mol. The Hall–Kier alpha value is -3.60. The third-order valence-electron chi connectivity index (χ3n) is 5.15. The summed E-state index contributed by atoms with van der Waals surface area (Å²) in [6.45, 7) is 4.24. The van der Waals surface area contributed by atoms with Gasteiger partial charge in [-0.05, 0) is 49.7 Å². The van der Waals surface area contributed by atoms with E-state index in [4.69, 9.17) is 4.74 Å². The normalized spacial score (nSPS) is 17.7. The van der Waals surface area contributed by atoms with E-state index in [9.17, 15) is 18.4 Å². The number of carbonyl (C=O) groups is 2. The molecule has 2 atom stereocenters. The minimum absolute atomic E-state index is 0.229. The van der Waals surface area contributed by atoms with Crippen LogP contribution in [0.15, 0.2) is 60.0 Å². The zero-order chi connectivity index (χ0) is 24.2. The van der Waals surface area contributed by atoms with E-state index >= 15 is 0 Å². The van der Waals surface area contributed by atoms with Gasteiger partial charge in [-0.2, -0.15) is 5.10 Å². The number of anilines is 2. The van der Waals surface area contributed by atoms with Crippen molar-refractivity contribution in [3.8, 4) is 5.75 Å². The molecule has 34 heavy (non-hydrogen) atoms. The van der Waals surface area contributed by atoms with Gasteiger partial charge in [-0.3, -0.25) is 24.8 Å². The molecule has 2 amide bonds. The maximum atomic E-state index is 13.9. The molecule has 0 saturated carbocycles. The van der Waals surface area contributed by atoms with E-state index in [0.717, 1.165) is 30.0 Å². The van der Waals surface area contributed by atoms with Gasteiger partial charge in [-0.25, -0.2) is 8.78 Å². The molecule has 2 aliphatic rings. The predicted octanol–water partition coefficient (Wildman–Crippen LogP) is 3.83. The second kappa shape index (κ2) is 10.1. The molecule has 2 unspecified atom stereocenters. The summed E-state index contributed by atoms with van der Waals surface area (Å²) in [6.07, 6.45) is 2.97. The highest BCUT2D eigenvalue weighted by Gasteiger charge is 2.39. The molecule has 8 nitrogen and oxygen atoms in total. The summed E-state index contributed by atoms with van der Waals surface area (Å²) < 4.78 is 32.8. The van der Waals surface area contributed by atoms with Crippen LogP contribution in [0.2, 0.25) is 0 Å². The number of amides is 2. The standard InChI is InChI=1S/C23H23F2N5O3S/c1-3-19(21(31)26-18-13-14(24)5-10-17(18)25)34-23-28-27-20-22(32)29(11-12-30(20)23)15-6-8-16(9-7-15)33-4-2/h5-13,19-20,27H,3-4H2,1-2H3,(H,26,31). The summed E-state index contributed by atoms with van der Waals surface area (Å²) in [5.41, 5.74) is 3.26. The van der Waals surface area contributed by atoms with Gasteiger partial charge in [0.25, 0.3) is 5.91 Å². The van der Waals surface area contributed by atoms with E-state index in [1.165, 1.54) is 4.90 Å². The molecule has 2 heterocycles. The number of hydrazone groups is 1. The van der Waals surface area contributed by atoms with E-state index in [-0.39, 0.29) is 11.6 Å². The number of nitrogens with one attached hydrogen (secondary N) is 2. The zero-order valence-electron chi connectivity index (χ0n) is 18.5. The first-order valence-electron chi connectivity index (χ1n) is 10.7. The molecule has 4 rings (SSSR count). The average Bonchev–Trinajstić information content (AvgIpc) is 3.24. The number of benzene rings is 2. The molecular formula is C23H23F2N5O3S. The Labute approximate surface area is 199 Å². The molecule has 0 fully saturated rings. The van der Waals surface area contributed by atoms with Crippen molar-refractivity contribution < 1.29 is 23.1 Å². The number of hydrogen-bond acceptors (Lipinski definition) is 7. The topological polar surface area (TPSA) is 86.3 Å². The van der Waals surface area contributed by atoms with E-state index < -0.39 is 29.0 Å². The number of hydrogen-bond donors (Lipinski definition) is 2. The third-order valence-corrected chi connectivity index (χ3v) is 6.50. The number of ether oxygens (including phenoxy) is 1. The molecular weight excluding hydrogens is 464 g/mol. The fourth-order valence-electron chi connectivity index (χ4n) is 3.44. The van der Waals surface area contributed by atoms with Gasteiger partial charge in [0.05, 0.1) is 17.5 Å². The fraction of sp³-hybridized carbons (Fsp3) is 0.261. The molecule has 0 saturated heterocycles. The van der Waals surface area contributed by atoms with Crippen LogP contribution in [0.3, 0.4) is 0 Å². The van der Waals surface area contributed by atoms with E-state index in [1.54, 1.807) is 48.5 Å². The van der Waals surface area contributed by atoms with Crippen LogP contribution >= 0.6 is 11.8 Å². The summed E-state index contributed by atoms with van der Waals surface area (Å²) in [6, 6.07) is 10.0. The highest BCUT2D eigenvalue weighted by molar-refractivity contribution is 8.14. The highest BCUT2D eigenvalue weighted by Crippen LogP contribution is 2.30. The van der Waals surface area contributed by atoms with E-state index in [1.807, 2.05) is 6.92 Å². The van der Waals surface area contributed by atoms with Gasteiger partial charge in [-0.1, -0.05) is 18.7 Å². The first kappa shape index (κ1) is 23.6. The highest BCUT2D eigenvalue weighted by atomic mass is 32.2. The third kappa shape index (κ3) is 4.84. The SMILES string of the molecule is CCOc1ccc(N2C=CN3C(SC(CC)C(=O)Nc4cc(F)ccc4F)=NNC3C2=O)cc1. The number of rotatable bonds is 7. The van der Waals surface area contributed by atoms with Crippen LogP contribution in [0.25, 0.3) is 0 Å². The molecule has 0 bridgehead atoms. The van der Waals surface area contributed by atoms with Gasteiger partial charge < -0.3 is 10.1 Å². The molecule has 2 aromatic carbocycles. The maximum Gasteiger partial charge on any atom is 0.276 e. The zero-order valence-corrected chi connectivity index (χ0v) is 19.3. The summed E-state index contributed by atoms with van der Waals surface area (Å²) in [4.78, 5) is 28.9. The summed E-state index contributed by atoms with van der Waals surface area (Å²) in [7, 11) is 0. The Balaban J connectivity index is 1.44. The molecule has 0 spiro atoms. The summed E-state index contributed by atoms with van der Waals surface area (Å²) >= 11 is 1.13. The molecule has 0 aliphatic carbocycles. The van der Waals surface area contributed by atoms with Crippen LogP contribution in [0.5, 0.6) is 5.75 Å². The Bertz CT molecular complexity index is 1140. The lowest BCUT2D eigenvalue weighted by molar-refractivity contribution is -0.122. The van der Waals surface area contributed by atoms with Crippen LogP contribution in [-0.2, 0) is 9.59 Å². The Morgan fingerprint density at radius 2 is 1.97 bits per heavy atom. The first-order valence-corrected chi connectivity index (χ1v) is 11.6. The molecule has 178 valence electrons. The summed E-state index contributed by atoms with van der Waals surface area (Å²) in [5, 5.41) is 6.43. The second-order valence-electron chi connectivity index (χ2n) is 7.39. The Morgan fingerprint density at radius 1 is 1.21 bits per heavy atom. The lowest BCUT2D eigenvalue weighted by Gasteiger charge is -2.32. The van der Waals surface area contributed by atoms with Crippen molar-refractivity contribution >= 4 is 40.1 Å². The Morgan fingerprint density at radius 3 is 2.68 bits per heavy atom. The minimum atomic E-state index is -0.764. The number of thioether (sulfide) groups is 1. The minimum Gasteiger partial charge on any atom is -0.494 e. The van der Waals surface area contributed by atoms with Crippen molar-refractivity contribution in [2.45, 2.75) is 31.7 Å². The van der Waals surface area contributed by atoms with E-state index in [2.05, 4.69) is 15.8 Å². The average molecular weight is 488 g/mol. The molecule has 2 aliphatic heterocycles. The van der Waals surface area contributed by atoms with Crippen molar-refractivity contribution in [3.63, 3.8) is 0 Å². The van der Waals surface area contributed by atoms with Gasteiger partial charge in [0.15, 0.2) is 5.17 Å². The van der Waals surface area contributed by atoms with Crippen LogP contribution < -0.4 is 20.4 Å². The lowest BCUT2D eigenvalue weighted by Crippen LogP contribution is -2.52. The largest absolute Gasteiger partial charge is 0.494 e. The van der Waals surface area contributed by atoms with Crippen molar-refractivity contribution in [1.29, 1.82) is 0 Å². The lowest BCUT2D eigenvalue weighted by atomic mass is 10.2. The number of carbonyl (C=O) groups excluding carboxylic acids is 2. The fourth-order valence-corrected chi connectivity index (χ4v) is 4.42. The van der Waals surface area contributed by atoms with Crippen LogP contribution in [0.4, 0.5) is 20.2 Å². The van der Waals surface area contributed by atoms with Gasteiger partial charge in [0.1, 0.15) is 17.4 Å². The maximum absolute atomic E-state index is 13.9. The summed E-state index contributed by atoms with van der Waals surface area (Å²) in [5.74, 6) is -1.41. The molecule has 0 aromatic heterocycles. The first-order chi connectivity index (χ1) is 16.4. The number of amidine groups is 1.